The maximum atomic E-state index is 12.3. The van der Waals surface area contributed by atoms with E-state index < -0.39 is 0 Å². The molecular weight excluding hydrogens is 254 g/mol. The highest BCUT2D eigenvalue weighted by molar-refractivity contribution is 5.93. The minimum absolute atomic E-state index is 0.0843. The van der Waals surface area contributed by atoms with Gasteiger partial charge < -0.3 is 20.7 Å². The minimum Gasteiger partial charge on any atom is -0.397 e. The Balaban J connectivity index is 1.98. The number of nitrogens with zero attached hydrogens (tertiary/aromatic N) is 1. The van der Waals surface area contributed by atoms with Crippen LogP contribution in [0.1, 0.15) is 49.6 Å². The monoisotopic (exact) mass is 279 g/mol. The van der Waals surface area contributed by atoms with Gasteiger partial charge in [-0.25, -0.2) is 0 Å². The number of nitrogens with two attached hydrogens (primary N) is 1. The van der Waals surface area contributed by atoms with Gasteiger partial charge in [-0.15, -0.1) is 0 Å². The number of anilines is 1. The van der Waals surface area contributed by atoms with E-state index in [9.17, 15) is 9.90 Å². The summed E-state index contributed by atoms with van der Waals surface area (Å²) in [6.45, 7) is 4.90. The van der Waals surface area contributed by atoms with Crippen molar-refractivity contribution in [1.29, 1.82) is 0 Å². The summed E-state index contributed by atoms with van der Waals surface area (Å²) in [5, 5.41) is 12.3. The van der Waals surface area contributed by atoms with E-state index in [2.05, 4.69) is 5.32 Å². The van der Waals surface area contributed by atoms with E-state index in [0.29, 0.717) is 29.8 Å². The molecule has 2 atom stereocenters. The molecule has 2 unspecified atom stereocenters. The Kier molecular flexibility index (Phi) is 4.70. The smallest absolute Gasteiger partial charge is 0.268 e. The molecule has 0 aromatic carbocycles. The van der Waals surface area contributed by atoms with Gasteiger partial charge in [-0.2, -0.15) is 0 Å². The van der Waals surface area contributed by atoms with Crippen molar-refractivity contribution in [3.05, 3.63) is 18.0 Å². The third-order valence-corrected chi connectivity index (χ3v) is 4.23. The van der Waals surface area contributed by atoms with Crippen LogP contribution < -0.4 is 11.1 Å². The molecule has 1 amide bonds. The van der Waals surface area contributed by atoms with E-state index >= 15 is 0 Å². The number of hydrogen-bond acceptors (Lipinski definition) is 3. The lowest BCUT2D eigenvalue weighted by Gasteiger charge is -2.18. The van der Waals surface area contributed by atoms with Crippen molar-refractivity contribution >= 4 is 11.6 Å². The number of nitrogens with one attached hydrogen (secondary N) is 1. The van der Waals surface area contributed by atoms with Crippen LogP contribution in [-0.2, 0) is 0 Å². The van der Waals surface area contributed by atoms with Crippen molar-refractivity contribution < 1.29 is 9.90 Å². The largest absolute Gasteiger partial charge is 0.397 e. The molecule has 1 aliphatic rings. The van der Waals surface area contributed by atoms with Gasteiger partial charge in [0.05, 0.1) is 5.69 Å². The Morgan fingerprint density at radius 1 is 1.50 bits per heavy atom. The standard InChI is InChI=1S/C15H25N3O2/c1-10(2)18-8-13(16)6-14(18)15(20)17-7-11-4-3-5-12(11)9-19/h6,8,10-12,19H,3-5,7,9,16H2,1-2H3,(H,17,20). The second-order valence-electron chi connectivity index (χ2n) is 6.00. The molecule has 1 saturated carbocycles. The lowest BCUT2D eigenvalue weighted by Crippen LogP contribution is -2.33. The summed E-state index contributed by atoms with van der Waals surface area (Å²) < 4.78 is 1.89. The van der Waals surface area contributed by atoms with Gasteiger partial charge >= 0.3 is 0 Å². The van der Waals surface area contributed by atoms with Crippen molar-refractivity contribution in [1.82, 2.24) is 9.88 Å². The van der Waals surface area contributed by atoms with E-state index in [-0.39, 0.29) is 18.6 Å². The quantitative estimate of drug-likeness (QED) is 0.768. The molecule has 4 N–H and O–H groups in total. The summed E-state index contributed by atoms with van der Waals surface area (Å²) in [5.74, 6) is 0.639. The average Bonchev–Trinajstić information content (AvgIpc) is 3.01. The van der Waals surface area contributed by atoms with Gasteiger partial charge in [0.1, 0.15) is 5.69 Å². The molecule has 2 rings (SSSR count). The van der Waals surface area contributed by atoms with Gasteiger partial charge in [-0.1, -0.05) is 6.42 Å². The first-order valence-corrected chi connectivity index (χ1v) is 7.39. The normalized spacial score (nSPS) is 22.4. The first kappa shape index (κ1) is 14.9. The highest BCUT2D eigenvalue weighted by Gasteiger charge is 2.27. The summed E-state index contributed by atoms with van der Waals surface area (Å²) in [4.78, 5) is 12.3. The highest BCUT2D eigenvalue weighted by Crippen LogP contribution is 2.30. The van der Waals surface area contributed by atoms with E-state index in [4.69, 9.17) is 5.73 Å². The summed E-state index contributed by atoms with van der Waals surface area (Å²) in [6, 6.07) is 1.91. The zero-order chi connectivity index (χ0) is 14.7. The van der Waals surface area contributed by atoms with Gasteiger partial charge in [0.25, 0.3) is 5.91 Å². The van der Waals surface area contributed by atoms with Crippen LogP contribution in [0, 0.1) is 11.8 Å². The number of hydrogen-bond donors (Lipinski definition) is 3. The molecule has 1 aromatic rings. The molecule has 0 aliphatic heterocycles. The second-order valence-corrected chi connectivity index (χ2v) is 6.00. The van der Waals surface area contributed by atoms with Crippen LogP contribution >= 0.6 is 0 Å². The highest BCUT2D eigenvalue weighted by atomic mass is 16.3. The molecule has 0 saturated heterocycles. The molecule has 1 fully saturated rings. The third kappa shape index (κ3) is 3.15. The Bertz CT molecular complexity index is 468. The lowest BCUT2D eigenvalue weighted by atomic mass is 9.97. The number of carbonyl (C=O) groups excluding carboxylic acids is 1. The van der Waals surface area contributed by atoms with E-state index in [1.807, 2.05) is 18.4 Å². The molecule has 20 heavy (non-hydrogen) atoms. The number of amides is 1. The molecule has 5 nitrogen and oxygen atoms in total. The predicted molar refractivity (Wildman–Crippen MR) is 79.5 cm³/mol. The first-order valence-electron chi connectivity index (χ1n) is 7.39. The molecule has 1 aromatic heterocycles. The number of rotatable bonds is 5. The van der Waals surface area contributed by atoms with Crippen LogP contribution in [0.3, 0.4) is 0 Å². The Labute approximate surface area is 120 Å². The number of aliphatic hydroxyl groups is 1. The van der Waals surface area contributed by atoms with Crippen molar-refractivity contribution in [2.45, 2.75) is 39.2 Å². The molecule has 0 bridgehead atoms. The van der Waals surface area contributed by atoms with Crippen molar-refractivity contribution in [3.8, 4) is 0 Å². The van der Waals surface area contributed by atoms with Crippen molar-refractivity contribution in [3.63, 3.8) is 0 Å². The fourth-order valence-electron chi connectivity index (χ4n) is 3.05. The van der Waals surface area contributed by atoms with Crippen LogP contribution in [-0.4, -0.2) is 28.7 Å². The van der Waals surface area contributed by atoms with Crippen molar-refractivity contribution in [2.24, 2.45) is 11.8 Å². The number of aromatic nitrogens is 1. The van der Waals surface area contributed by atoms with Gasteiger partial charge in [-0.05, 0) is 44.6 Å². The maximum Gasteiger partial charge on any atom is 0.268 e. The second kappa shape index (κ2) is 6.31. The van der Waals surface area contributed by atoms with Gasteiger partial charge in [0.2, 0.25) is 0 Å². The molecule has 112 valence electrons. The van der Waals surface area contributed by atoms with Crippen LogP contribution in [0.5, 0.6) is 0 Å². The van der Waals surface area contributed by atoms with E-state index in [1.165, 1.54) is 0 Å². The first-order chi connectivity index (χ1) is 9.52. The number of carbonyl (C=O) groups is 1. The molecule has 1 aliphatic carbocycles. The average molecular weight is 279 g/mol. The van der Waals surface area contributed by atoms with Crippen LogP contribution in [0.4, 0.5) is 5.69 Å². The zero-order valence-electron chi connectivity index (χ0n) is 12.3. The molecule has 0 radical (unpaired) electrons. The lowest BCUT2D eigenvalue weighted by molar-refractivity contribution is 0.0927. The molecule has 1 heterocycles. The Hall–Kier alpha value is -1.49. The number of aliphatic hydroxyl groups excluding tert-OH is 1. The summed E-state index contributed by atoms with van der Waals surface area (Å²) in [6.07, 6.45) is 5.08. The molecular formula is C15H25N3O2. The van der Waals surface area contributed by atoms with Crippen LogP contribution in [0.15, 0.2) is 12.3 Å². The molecule has 0 spiro atoms. The predicted octanol–water partition coefficient (Wildman–Crippen LogP) is 1.79. The minimum atomic E-state index is -0.0843. The fraction of sp³-hybridized carbons (Fsp3) is 0.667. The van der Waals surface area contributed by atoms with E-state index in [0.717, 1.165) is 19.3 Å². The van der Waals surface area contributed by atoms with Gasteiger partial charge in [0.15, 0.2) is 0 Å². The van der Waals surface area contributed by atoms with Crippen molar-refractivity contribution in [2.75, 3.05) is 18.9 Å². The van der Waals surface area contributed by atoms with E-state index in [1.54, 1.807) is 12.3 Å². The number of nitrogen functional groups attached to an aromatic ring is 1. The van der Waals surface area contributed by atoms with Crippen LogP contribution in [0.25, 0.3) is 0 Å². The Morgan fingerprint density at radius 3 is 2.85 bits per heavy atom. The SMILES string of the molecule is CC(C)n1cc(N)cc1C(=O)NCC1CCCC1CO. The van der Waals surface area contributed by atoms with Crippen LogP contribution in [0.2, 0.25) is 0 Å². The zero-order valence-corrected chi connectivity index (χ0v) is 12.3. The Morgan fingerprint density at radius 2 is 2.20 bits per heavy atom. The topological polar surface area (TPSA) is 80.3 Å². The van der Waals surface area contributed by atoms with Gasteiger partial charge in [0, 0.05) is 25.4 Å². The summed E-state index contributed by atoms with van der Waals surface area (Å²) in [5.41, 5.74) is 7.00. The third-order valence-electron chi connectivity index (χ3n) is 4.23. The summed E-state index contributed by atoms with van der Waals surface area (Å²) >= 11 is 0. The summed E-state index contributed by atoms with van der Waals surface area (Å²) in [7, 11) is 0. The van der Waals surface area contributed by atoms with Gasteiger partial charge in [-0.3, -0.25) is 4.79 Å². The molecule has 5 heteroatoms. The maximum absolute atomic E-state index is 12.3. The fourth-order valence-corrected chi connectivity index (χ4v) is 3.05.